The second-order valence-corrected chi connectivity index (χ2v) is 7.23. The van der Waals surface area contributed by atoms with Crippen LogP contribution in [0.2, 0.25) is 5.15 Å². The molecule has 7 heteroatoms. The maximum Gasteiger partial charge on any atom is 0.253 e. The third-order valence-electron chi connectivity index (χ3n) is 5.04. The molecule has 3 aromatic rings. The van der Waals surface area contributed by atoms with Crippen LogP contribution in [0.4, 0.5) is 0 Å². The number of benzene rings is 2. The highest BCUT2D eigenvalue weighted by atomic mass is 35.5. The van der Waals surface area contributed by atoms with Gasteiger partial charge in [0.25, 0.3) is 5.91 Å². The number of rotatable bonds is 4. The minimum atomic E-state index is -0.00253. The van der Waals surface area contributed by atoms with E-state index in [4.69, 9.17) is 22.1 Å². The first kappa shape index (κ1) is 18.7. The summed E-state index contributed by atoms with van der Waals surface area (Å²) >= 11 is 5.84. The minimum Gasteiger partial charge on any atom is -0.473 e. The SMILES string of the molecule is NCc1cccc2ccc(C(=O)N3CCC(Oc4cncc(Cl)n4)CC3)cc12. The van der Waals surface area contributed by atoms with Crippen LogP contribution < -0.4 is 10.5 Å². The third kappa shape index (κ3) is 3.93. The van der Waals surface area contributed by atoms with Crippen LogP contribution in [0, 0.1) is 0 Å². The molecule has 0 aliphatic carbocycles. The number of nitrogens with two attached hydrogens (primary N) is 1. The number of halogens is 1. The van der Waals surface area contributed by atoms with E-state index < -0.39 is 0 Å². The molecule has 2 N–H and O–H groups in total. The molecule has 0 atom stereocenters. The Morgan fingerprint density at radius 3 is 2.79 bits per heavy atom. The van der Waals surface area contributed by atoms with E-state index in [-0.39, 0.29) is 12.0 Å². The van der Waals surface area contributed by atoms with E-state index >= 15 is 0 Å². The highest BCUT2D eigenvalue weighted by molar-refractivity contribution is 6.29. The number of piperidine rings is 1. The van der Waals surface area contributed by atoms with Crippen LogP contribution in [-0.2, 0) is 6.54 Å². The Morgan fingerprint density at radius 2 is 2.04 bits per heavy atom. The third-order valence-corrected chi connectivity index (χ3v) is 5.22. The number of aromatic nitrogens is 2. The zero-order chi connectivity index (χ0) is 19.5. The van der Waals surface area contributed by atoms with E-state index in [9.17, 15) is 4.79 Å². The van der Waals surface area contributed by atoms with Crippen molar-refractivity contribution in [2.75, 3.05) is 13.1 Å². The van der Waals surface area contributed by atoms with Gasteiger partial charge in [-0.1, -0.05) is 35.9 Å². The average Bonchev–Trinajstić information content (AvgIpc) is 2.73. The topological polar surface area (TPSA) is 81.3 Å². The molecule has 1 aliphatic rings. The Hall–Kier alpha value is -2.70. The van der Waals surface area contributed by atoms with E-state index in [0.717, 1.165) is 29.2 Å². The minimum absolute atomic E-state index is 0.00253. The predicted octanol–water partition coefficient (Wildman–Crippen LogP) is 3.43. The predicted molar refractivity (Wildman–Crippen MR) is 108 cm³/mol. The highest BCUT2D eigenvalue weighted by Gasteiger charge is 2.25. The summed E-state index contributed by atoms with van der Waals surface area (Å²) in [6.07, 6.45) is 4.49. The van der Waals surface area contributed by atoms with Crippen molar-refractivity contribution in [3.8, 4) is 5.88 Å². The molecule has 28 heavy (non-hydrogen) atoms. The van der Waals surface area contributed by atoms with E-state index in [1.165, 1.54) is 6.20 Å². The Bertz CT molecular complexity index is 1000. The van der Waals surface area contributed by atoms with Crippen molar-refractivity contribution in [3.05, 3.63) is 65.1 Å². The standard InChI is InChI=1S/C21H21ClN4O2/c22-19-12-24-13-20(25-19)28-17-6-8-26(9-7-17)21(27)15-5-4-14-2-1-3-16(11-23)18(14)10-15/h1-5,10,12-13,17H,6-9,11,23H2. The lowest BCUT2D eigenvalue weighted by Crippen LogP contribution is -2.41. The lowest BCUT2D eigenvalue weighted by Gasteiger charge is -2.32. The normalized spacial score (nSPS) is 15.0. The number of carbonyl (C=O) groups excluding carboxylic acids is 1. The molecular weight excluding hydrogens is 376 g/mol. The lowest BCUT2D eigenvalue weighted by atomic mass is 10.0. The van der Waals surface area contributed by atoms with E-state index in [1.54, 1.807) is 6.20 Å². The van der Waals surface area contributed by atoms with Crippen molar-refractivity contribution in [3.63, 3.8) is 0 Å². The summed E-state index contributed by atoms with van der Waals surface area (Å²) in [5, 5.41) is 2.43. The van der Waals surface area contributed by atoms with Crippen molar-refractivity contribution in [1.29, 1.82) is 0 Å². The second-order valence-electron chi connectivity index (χ2n) is 6.85. The molecule has 1 saturated heterocycles. The second kappa shape index (κ2) is 8.12. The van der Waals surface area contributed by atoms with Gasteiger partial charge in [0.1, 0.15) is 6.10 Å². The molecule has 6 nitrogen and oxygen atoms in total. The van der Waals surface area contributed by atoms with Gasteiger partial charge in [-0.2, -0.15) is 4.98 Å². The Balaban J connectivity index is 1.43. The maximum absolute atomic E-state index is 13.0. The number of amides is 1. The van der Waals surface area contributed by atoms with Gasteiger partial charge < -0.3 is 15.4 Å². The zero-order valence-electron chi connectivity index (χ0n) is 15.3. The number of nitrogens with zero attached hydrogens (tertiary/aromatic N) is 3. The van der Waals surface area contributed by atoms with Gasteiger partial charge in [0.05, 0.1) is 12.4 Å². The molecule has 0 spiro atoms. The smallest absolute Gasteiger partial charge is 0.253 e. The Morgan fingerprint density at radius 1 is 1.21 bits per heavy atom. The van der Waals surface area contributed by atoms with E-state index in [2.05, 4.69) is 9.97 Å². The molecule has 0 saturated carbocycles. The van der Waals surface area contributed by atoms with Crippen molar-refractivity contribution in [2.45, 2.75) is 25.5 Å². The molecule has 0 radical (unpaired) electrons. The molecule has 2 heterocycles. The van der Waals surface area contributed by atoms with Crippen LogP contribution in [0.1, 0.15) is 28.8 Å². The zero-order valence-corrected chi connectivity index (χ0v) is 16.1. The fourth-order valence-corrected chi connectivity index (χ4v) is 3.70. The fourth-order valence-electron chi connectivity index (χ4n) is 3.56. The number of hydrogen-bond acceptors (Lipinski definition) is 5. The monoisotopic (exact) mass is 396 g/mol. The van der Waals surface area contributed by atoms with Gasteiger partial charge in [0.2, 0.25) is 5.88 Å². The first-order valence-electron chi connectivity index (χ1n) is 9.29. The number of likely N-dealkylation sites (tertiary alicyclic amines) is 1. The molecule has 1 fully saturated rings. The summed E-state index contributed by atoms with van der Waals surface area (Å²) in [6, 6.07) is 11.8. The number of ether oxygens (including phenoxy) is 1. The average molecular weight is 397 g/mol. The fraction of sp³-hybridized carbons (Fsp3) is 0.286. The van der Waals surface area contributed by atoms with Crippen molar-refractivity contribution in [1.82, 2.24) is 14.9 Å². The van der Waals surface area contributed by atoms with Gasteiger partial charge in [-0.25, -0.2) is 0 Å². The quantitative estimate of drug-likeness (QED) is 0.730. The van der Waals surface area contributed by atoms with Crippen LogP contribution in [0.5, 0.6) is 5.88 Å². The maximum atomic E-state index is 13.0. The largest absolute Gasteiger partial charge is 0.473 e. The Kier molecular flexibility index (Phi) is 5.41. The number of hydrogen-bond donors (Lipinski definition) is 1. The van der Waals surface area contributed by atoms with Crippen LogP contribution in [0.25, 0.3) is 10.8 Å². The first-order valence-corrected chi connectivity index (χ1v) is 9.67. The molecule has 1 aromatic heterocycles. The molecule has 4 rings (SSSR count). The number of carbonyl (C=O) groups is 1. The van der Waals surface area contributed by atoms with Gasteiger partial charge in [0, 0.05) is 38.0 Å². The molecular formula is C21H21ClN4O2. The van der Waals surface area contributed by atoms with Gasteiger partial charge in [-0.3, -0.25) is 9.78 Å². The summed E-state index contributed by atoms with van der Waals surface area (Å²) < 4.78 is 5.85. The van der Waals surface area contributed by atoms with E-state index in [0.29, 0.717) is 36.2 Å². The lowest BCUT2D eigenvalue weighted by molar-refractivity contribution is 0.0587. The van der Waals surface area contributed by atoms with Crippen LogP contribution in [0.15, 0.2) is 48.8 Å². The van der Waals surface area contributed by atoms with Gasteiger partial charge >= 0.3 is 0 Å². The van der Waals surface area contributed by atoms with Crippen LogP contribution >= 0.6 is 11.6 Å². The summed E-state index contributed by atoms with van der Waals surface area (Å²) in [5.41, 5.74) is 7.58. The summed E-state index contributed by atoms with van der Waals surface area (Å²) in [5.74, 6) is 0.454. The molecule has 0 bridgehead atoms. The van der Waals surface area contributed by atoms with Crippen molar-refractivity contribution in [2.24, 2.45) is 5.73 Å². The molecule has 1 amide bonds. The first-order chi connectivity index (χ1) is 13.6. The van der Waals surface area contributed by atoms with Crippen LogP contribution in [-0.4, -0.2) is 40.0 Å². The molecule has 144 valence electrons. The highest BCUT2D eigenvalue weighted by Crippen LogP contribution is 2.23. The van der Waals surface area contributed by atoms with Gasteiger partial charge in [-0.05, 0) is 28.5 Å². The Labute approximate surface area is 168 Å². The summed E-state index contributed by atoms with van der Waals surface area (Å²) in [7, 11) is 0. The molecule has 0 unspecified atom stereocenters. The number of fused-ring (bicyclic) bond motifs is 1. The van der Waals surface area contributed by atoms with E-state index in [1.807, 2.05) is 41.3 Å². The summed E-state index contributed by atoms with van der Waals surface area (Å²) in [6.45, 7) is 1.71. The van der Waals surface area contributed by atoms with Crippen LogP contribution in [0.3, 0.4) is 0 Å². The molecule has 2 aromatic carbocycles. The molecule has 1 aliphatic heterocycles. The van der Waals surface area contributed by atoms with Crippen molar-refractivity contribution < 1.29 is 9.53 Å². The summed E-state index contributed by atoms with van der Waals surface area (Å²) in [4.78, 5) is 22.9. The van der Waals surface area contributed by atoms with Gasteiger partial charge in [-0.15, -0.1) is 0 Å². The van der Waals surface area contributed by atoms with Gasteiger partial charge in [0.15, 0.2) is 5.15 Å². The van der Waals surface area contributed by atoms with Crippen molar-refractivity contribution >= 4 is 28.3 Å².